The van der Waals surface area contributed by atoms with Gasteiger partial charge >= 0.3 is 6.03 Å². The van der Waals surface area contributed by atoms with Crippen LogP contribution in [0, 0.1) is 5.92 Å². The molecule has 1 unspecified atom stereocenters. The number of hydrogen-bond donors (Lipinski definition) is 3. The number of aliphatic imine (C=N–C) groups is 1. The molecule has 3 fully saturated rings. The van der Waals surface area contributed by atoms with Crippen molar-refractivity contribution in [1.82, 2.24) is 10.6 Å². The average Bonchev–Trinajstić information content (AvgIpc) is 3.40. The highest BCUT2D eigenvalue weighted by molar-refractivity contribution is 6.23. The van der Waals surface area contributed by atoms with E-state index in [2.05, 4.69) is 15.6 Å². The Bertz CT molecular complexity index is 752. The Kier molecular flexibility index (Phi) is 4.09. The zero-order chi connectivity index (χ0) is 18.3. The Hall–Kier alpha value is -2.57. The molecule has 3 amide bonds. The molecule has 0 aromatic heterocycles. The molecule has 0 bridgehead atoms. The molecule has 4 rings (SSSR count). The van der Waals surface area contributed by atoms with E-state index >= 15 is 0 Å². The van der Waals surface area contributed by atoms with Gasteiger partial charge in [0, 0.05) is 6.04 Å². The first-order valence-electron chi connectivity index (χ1n) is 9.29. The van der Waals surface area contributed by atoms with Crippen LogP contribution in [0.3, 0.4) is 0 Å². The number of benzene rings is 1. The fourth-order valence-corrected chi connectivity index (χ4v) is 3.56. The van der Waals surface area contributed by atoms with Gasteiger partial charge in [0.2, 0.25) is 0 Å². The van der Waals surface area contributed by atoms with E-state index in [1.54, 1.807) is 12.1 Å². The third-order valence-corrected chi connectivity index (χ3v) is 5.69. The number of carbonyl (C=O) groups excluding carboxylic acids is 2. The van der Waals surface area contributed by atoms with E-state index < -0.39 is 5.54 Å². The van der Waals surface area contributed by atoms with Crippen LogP contribution in [0.15, 0.2) is 29.3 Å². The molecule has 26 heavy (non-hydrogen) atoms. The van der Waals surface area contributed by atoms with Crippen molar-refractivity contribution in [2.24, 2.45) is 16.6 Å². The van der Waals surface area contributed by atoms with Crippen LogP contribution in [0.5, 0.6) is 0 Å². The number of carbonyl (C=O) groups is 2. The van der Waals surface area contributed by atoms with E-state index in [9.17, 15) is 9.59 Å². The van der Waals surface area contributed by atoms with Crippen LogP contribution in [0.1, 0.15) is 44.6 Å². The summed E-state index contributed by atoms with van der Waals surface area (Å²) >= 11 is 0. The highest BCUT2D eigenvalue weighted by atomic mass is 16.2. The minimum atomic E-state index is -0.762. The summed E-state index contributed by atoms with van der Waals surface area (Å²) < 4.78 is 0. The monoisotopic (exact) mass is 355 g/mol. The number of rotatable bonds is 5. The van der Waals surface area contributed by atoms with Crippen LogP contribution >= 0.6 is 0 Å². The third-order valence-electron chi connectivity index (χ3n) is 5.69. The number of nitrogens with one attached hydrogen (secondary N) is 2. The normalized spacial score (nSPS) is 26.7. The molecule has 2 saturated carbocycles. The molecule has 7 nitrogen and oxygen atoms in total. The van der Waals surface area contributed by atoms with Crippen LogP contribution in [0.25, 0.3) is 0 Å². The lowest BCUT2D eigenvalue weighted by atomic mass is 9.93. The largest absolute Gasteiger partial charge is 0.370 e. The van der Waals surface area contributed by atoms with Crippen molar-refractivity contribution in [1.29, 1.82) is 0 Å². The molecular formula is C19H25N5O2. The van der Waals surface area contributed by atoms with Crippen molar-refractivity contribution in [3.8, 4) is 0 Å². The summed E-state index contributed by atoms with van der Waals surface area (Å²) in [6, 6.07) is 7.45. The fraction of sp³-hybridized carbons (Fsp3) is 0.526. The number of guanidine groups is 1. The number of nitrogens with zero attached hydrogens (tertiary/aromatic N) is 2. The Labute approximate surface area is 153 Å². The number of urea groups is 1. The van der Waals surface area contributed by atoms with Crippen LogP contribution in [0.4, 0.5) is 10.5 Å². The maximum absolute atomic E-state index is 12.8. The van der Waals surface area contributed by atoms with Gasteiger partial charge in [-0.25, -0.2) is 14.7 Å². The molecule has 3 aliphatic rings. The predicted octanol–water partition coefficient (Wildman–Crippen LogP) is 1.87. The summed E-state index contributed by atoms with van der Waals surface area (Å²) in [6.45, 7) is 2.29. The number of imide groups is 1. The van der Waals surface area contributed by atoms with E-state index in [0.717, 1.165) is 31.2 Å². The molecule has 0 spiro atoms. The topological polar surface area (TPSA) is 99.8 Å². The zero-order valence-corrected chi connectivity index (χ0v) is 15.0. The molecule has 1 atom stereocenters. The van der Waals surface area contributed by atoms with E-state index in [1.807, 2.05) is 19.1 Å². The number of amides is 3. The van der Waals surface area contributed by atoms with Crippen molar-refractivity contribution in [2.45, 2.75) is 57.2 Å². The Morgan fingerprint density at radius 3 is 2.54 bits per heavy atom. The van der Waals surface area contributed by atoms with Crippen LogP contribution < -0.4 is 21.3 Å². The summed E-state index contributed by atoms with van der Waals surface area (Å²) in [5.74, 6) is 0.557. The molecule has 138 valence electrons. The Morgan fingerprint density at radius 1 is 1.27 bits per heavy atom. The second kappa shape index (κ2) is 6.30. The highest BCUT2D eigenvalue weighted by Crippen LogP contribution is 2.43. The van der Waals surface area contributed by atoms with Crippen LogP contribution in [-0.2, 0) is 11.3 Å². The van der Waals surface area contributed by atoms with Gasteiger partial charge in [-0.15, -0.1) is 0 Å². The van der Waals surface area contributed by atoms with E-state index in [0.29, 0.717) is 24.2 Å². The molecule has 2 aliphatic carbocycles. The van der Waals surface area contributed by atoms with Gasteiger partial charge in [-0.1, -0.05) is 12.1 Å². The molecular weight excluding hydrogens is 330 g/mol. The van der Waals surface area contributed by atoms with Gasteiger partial charge in [-0.2, -0.15) is 0 Å². The molecule has 1 aromatic rings. The smallest absolute Gasteiger partial charge is 0.329 e. The Balaban J connectivity index is 1.41. The van der Waals surface area contributed by atoms with E-state index in [4.69, 9.17) is 5.73 Å². The van der Waals surface area contributed by atoms with Crippen molar-refractivity contribution in [3.05, 3.63) is 29.8 Å². The second-order valence-corrected chi connectivity index (χ2v) is 7.69. The van der Waals surface area contributed by atoms with Gasteiger partial charge in [0.1, 0.15) is 5.54 Å². The lowest BCUT2D eigenvalue weighted by Crippen LogP contribution is -2.46. The van der Waals surface area contributed by atoms with Crippen LogP contribution in [-0.4, -0.2) is 29.5 Å². The lowest BCUT2D eigenvalue weighted by Gasteiger charge is -2.26. The van der Waals surface area contributed by atoms with E-state index in [-0.39, 0.29) is 17.9 Å². The SMILES string of the molecule is CC1(C2CC2)NC(=O)N(c2ccc(CN=C(N)NC3CCC3)cc2)C1=O. The summed E-state index contributed by atoms with van der Waals surface area (Å²) in [5.41, 5.74) is 6.70. The fourth-order valence-electron chi connectivity index (χ4n) is 3.56. The molecule has 1 aliphatic heterocycles. The zero-order valence-electron chi connectivity index (χ0n) is 15.0. The maximum atomic E-state index is 12.8. The van der Waals surface area contributed by atoms with Gasteiger partial charge in [0.25, 0.3) is 5.91 Å². The first kappa shape index (κ1) is 16.9. The summed E-state index contributed by atoms with van der Waals surface area (Å²) in [4.78, 5) is 30.7. The minimum absolute atomic E-state index is 0.162. The van der Waals surface area contributed by atoms with Gasteiger partial charge in [-0.05, 0) is 62.6 Å². The average molecular weight is 355 g/mol. The van der Waals surface area contributed by atoms with Gasteiger partial charge in [0.05, 0.1) is 12.2 Å². The molecule has 7 heteroatoms. The maximum Gasteiger partial charge on any atom is 0.329 e. The van der Waals surface area contributed by atoms with Gasteiger partial charge < -0.3 is 16.4 Å². The lowest BCUT2D eigenvalue weighted by molar-refractivity contribution is -0.122. The van der Waals surface area contributed by atoms with Gasteiger partial charge in [-0.3, -0.25) is 4.79 Å². The second-order valence-electron chi connectivity index (χ2n) is 7.69. The minimum Gasteiger partial charge on any atom is -0.370 e. The number of hydrogen-bond acceptors (Lipinski definition) is 3. The molecule has 4 N–H and O–H groups in total. The highest BCUT2D eigenvalue weighted by Gasteiger charge is 2.56. The van der Waals surface area contributed by atoms with Crippen LogP contribution in [0.2, 0.25) is 0 Å². The van der Waals surface area contributed by atoms with Crippen molar-refractivity contribution in [2.75, 3.05) is 4.90 Å². The molecule has 1 heterocycles. The first-order chi connectivity index (χ1) is 12.5. The summed E-state index contributed by atoms with van der Waals surface area (Å²) in [6.07, 6.45) is 5.52. The summed E-state index contributed by atoms with van der Waals surface area (Å²) in [7, 11) is 0. The third kappa shape index (κ3) is 3.02. The number of anilines is 1. The molecule has 1 aromatic carbocycles. The van der Waals surface area contributed by atoms with E-state index in [1.165, 1.54) is 11.3 Å². The van der Waals surface area contributed by atoms with Crippen molar-refractivity contribution < 1.29 is 9.59 Å². The van der Waals surface area contributed by atoms with Crippen molar-refractivity contribution >= 4 is 23.6 Å². The number of nitrogens with two attached hydrogens (primary N) is 1. The summed E-state index contributed by atoms with van der Waals surface area (Å²) in [5, 5.41) is 6.07. The van der Waals surface area contributed by atoms with Gasteiger partial charge in [0.15, 0.2) is 5.96 Å². The molecule has 0 radical (unpaired) electrons. The quantitative estimate of drug-likeness (QED) is 0.426. The van der Waals surface area contributed by atoms with Crippen molar-refractivity contribution in [3.63, 3.8) is 0 Å². The first-order valence-corrected chi connectivity index (χ1v) is 9.29. The Morgan fingerprint density at radius 2 is 1.96 bits per heavy atom. The predicted molar refractivity (Wildman–Crippen MR) is 99.7 cm³/mol. The molecule has 1 saturated heterocycles. The standard InChI is InChI=1S/C19H25N5O2/c1-19(13-7-8-13)16(25)24(18(26)23-19)15-9-5-12(6-10-15)11-21-17(20)22-14-3-2-4-14/h5-6,9-10,13-14H,2-4,7-8,11H2,1H3,(H,23,26)(H3,20,21,22).